The van der Waals surface area contributed by atoms with Crippen LogP contribution >= 0.6 is 11.6 Å². The molecule has 2 amide bonds. The Morgan fingerprint density at radius 2 is 1.70 bits per heavy atom. The second-order valence-corrected chi connectivity index (χ2v) is 7.38. The molecule has 0 aliphatic carbocycles. The molecule has 2 aromatic rings. The molecular weight excluding hydrogens is 362 g/mol. The number of hydrogen-bond acceptors (Lipinski definition) is 3. The van der Waals surface area contributed by atoms with Crippen LogP contribution in [-0.4, -0.2) is 44.2 Å². The van der Waals surface area contributed by atoms with Gasteiger partial charge < -0.3 is 19.9 Å². The molecule has 3 rings (SSSR count). The van der Waals surface area contributed by atoms with Crippen molar-refractivity contribution < 1.29 is 9.53 Å². The molecule has 0 aromatic heterocycles. The predicted molar refractivity (Wildman–Crippen MR) is 111 cm³/mol. The lowest BCUT2D eigenvalue weighted by Gasteiger charge is -2.36. The number of halogens is 1. The van der Waals surface area contributed by atoms with Gasteiger partial charge in [-0.3, -0.25) is 0 Å². The smallest absolute Gasteiger partial charge is 0.321 e. The molecule has 1 heterocycles. The van der Waals surface area contributed by atoms with Gasteiger partial charge in [-0.1, -0.05) is 17.7 Å². The van der Waals surface area contributed by atoms with Crippen LogP contribution in [0.3, 0.4) is 0 Å². The molecule has 0 saturated carbocycles. The molecular formula is C21H26ClN3O2. The molecule has 144 valence electrons. The highest BCUT2D eigenvalue weighted by Crippen LogP contribution is 2.34. The fourth-order valence-electron chi connectivity index (χ4n) is 3.23. The Morgan fingerprint density at radius 1 is 1.00 bits per heavy atom. The van der Waals surface area contributed by atoms with Gasteiger partial charge in [-0.2, -0.15) is 0 Å². The highest BCUT2D eigenvalue weighted by Gasteiger charge is 2.23. The lowest BCUT2D eigenvalue weighted by molar-refractivity contribution is 0.208. The van der Waals surface area contributed by atoms with Gasteiger partial charge in [-0.25, -0.2) is 4.79 Å². The normalized spacial score (nSPS) is 14.3. The summed E-state index contributed by atoms with van der Waals surface area (Å²) in [6.07, 6.45) is 0. The SMILES string of the molecule is COc1cc(Cl)c(C)cc1N1CCN(C(=O)Nc2ccc(C)c(C)c2)CC1. The van der Waals surface area contributed by atoms with Gasteiger partial charge >= 0.3 is 6.03 Å². The van der Waals surface area contributed by atoms with Crippen molar-refractivity contribution in [1.29, 1.82) is 0 Å². The van der Waals surface area contributed by atoms with Crippen LogP contribution in [0.25, 0.3) is 0 Å². The summed E-state index contributed by atoms with van der Waals surface area (Å²) in [7, 11) is 1.65. The van der Waals surface area contributed by atoms with E-state index in [9.17, 15) is 4.79 Å². The second kappa shape index (κ2) is 8.09. The van der Waals surface area contributed by atoms with Crippen molar-refractivity contribution in [3.8, 4) is 5.75 Å². The van der Waals surface area contributed by atoms with Crippen molar-refractivity contribution in [1.82, 2.24) is 4.90 Å². The van der Waals surface area contributed by atoms with E-state index in [1.54, 1.807) is 7.11 Å². The number of anilines is 2. The van der Waals surface area contributed by atoms with Crippen molar-refractivity contribution in [2.45, 2.75) is 20.8 Å². The van der Waals surface area contributed by atoms with E-state index in [4.69, 9.17) is 16.3 Å². The minimum absolute atomic E-state index is 0.0582. The second-order valence-electron chi connectivity index (χ2n) is 6.98. The lowest BCUT2D eigenvalue weighted by atomic mass is 10.1. The number of carbonyl (C=O) groups excluding carboxylic acids is 1. The summed E-state index contributed by atoms with van der Waals surface area (Å²) in [5.74, 6) is 0.763. The Labute approximate surface area is 165 Å². The summed E-state index contributed by atoms with van der Waals surface area (Å²) in [6, 6.07) is 9.81. The molecule has 6 heteroatoms. The number of nitrogens with zero attached hydrogens (tertiary/aromatic N) is 2. The monoisotopic (exact) mass is 387 g/mol. The zero-order valence-corrected chi connectivity index (χ0v) is 17.1. The number of methoxy groups -OCH3 is 1. The van der Waals surface area contributed by atoms with E-state index in [0.717, 1.165) is 35.8 Å². The van der Waals surface area contributed by atoms with Crippen LogP contribution in [-0.2, 0) is 0 Å². The molecule has 1 aliphatic heterocycles. The maximum Gasteiger partial charge on any atom is 0.321 e. The largest absolute Gasteiger partial charge is 0.495 e. The van der Waals surface area contributed by atoms with E-state index >= 15 is 0 Å². The number of urea groups is 1. The van der Waals surface area contributed by atoms with E-state index in [-0.39, 0.29) is 6.03 Å². The van der Waals surface area contributed by atoms with Crippen LogP contribution in [0, 0.1) is 20.8 Å². The van der Waals surface area contributed by atoms with Crippen LogP contribution < -0.4 is 15.0 Å². The van der Waals surface area contributed by atoms with Crippen LogP contribution in [0.2, 0.25) is 5.02 Å². The van der Waals surface area contributed by atoms with Crippen molar-refractivity contribution >= 4 is 29.0 Å². The summed E-state index contributed by atoms with van der Waals surface area (Å²) >= 11 is 6.21. The van der Waals surface area contributed by atoms with E-state index in [2.05, 4.69) is 17.1 Å². The molecule has 27 heavy (non-hydrogen) atoms. The summed E-state index contributed by atoms with van der Waals surface area (Å²) < 4.78 is 5.49. The lowest BCUT2D eigenvalue weighted by Crippen LogP contribution is -2.50. The third-order valence-electron chi connectivity index (χ3n) is 5.13. The highest BCUT2D eigenvalue weighted by molar-refractivity contribution is 6.31. The average molecular weight is 388 g/mol. The molecule has 1 saturated heterocycles. The summed E-state index contributed by atoms with van der Waals surface area (Å²) in [5.41, 5.74) is 5.26. The Hall–Kier alpha value is -2.40. The fraction of sp³-hybridized carbons (Fsp3) is 0.381. The Balaban J connectivity index is 1.64. The number of ether oxygens (including phenoxy) is 1. The number of hydrogen-bond donors (Lipinski definition) is 1. The molecule has 0 radical (unpaired) electrons. The number of aryl methyl sites for hydroxylation is 3. The third kappa shape index (κ3) is 4.30. The van der Waals surface area contributed by atoms with Crippen LogP contribution in [0.4, 0.5) is 16.2 Å². The zero-order valence-electron chi connectivity index (χ0n) is 16.3. The molecule has 0 bridgehead atoms. The topological polar surface area (TPSA) is 44.8 Å². The van der Waals surface area contributed by atoms with Gasteiger partial charge in [0.15, 0.2) is 0 Å². The first-order chi connectivity index (χ1) is 12.9. The van der Waals surface area contributed by atoms with E-state index in [1.165, 1.54) is 11.1 Å². The minimum atomic E-state index is -0.0582. The minimum Gasteiger partial charge on any atom is -0.495 e. The molecule has 0 unspecified atom stereocenters. The number of rotatable bonds is 3. The van der Waals surface area contributed by atoms with E-state index in [0.29, 0.717) is 18.1 Å². The number of amides is 2. The van der Waals surface area contributed by atoms with Crippen LogP contribution in [0.5, 0.6) is 5.75 Å². The quantitative estimate of drug-likeness (QED) is 0.835. The van der Waals surface area contributed by atoms with Crippen molar-refractivity contribution in [2.24, 2.45) is 0 Å². The molecule has 5 nitrogen and oxygen atoms in total. The van der Waals surface area contributed by atoms with E-state index < -0.39 is 0 Å². The first-order valence-electron chi connectivity index (χ1n) is 9.11. The number of benzene rings is 2. The molecule has 1 aliphatic rings. The first kappa shape index (κ1) is 19.4. The standard InChI is InChI=1S/C21H26ClN3O2/c1-14-5-6-17(11-15(14)2)23-21(26)25-9-7-24(8-10-25)19-12-16(3)18(22)13-20(19)27-4/h5-6,11-13H,7-10H2,1-4H3,(H,23,26). The molecule has 0 spiro atoms. The number of piperazine rings is 1. The van der Waals surface area contributed by atoms with Crippen LogP contribution in [0.1, 0.15) is 16.7 Å². The van der Waals surface area contributed by atoms with Gasteiger partial charge in [0.25, 0.3) is 0 Å². The Morgan fingerprint density at radius 3 is 2.33 bits per heavy atom. The number of carbonyl (C=O) groups is 1. The van der Waals surface area contributed by atoms with Gasteiger partial charge in [0, 0.05) is 43.0 Å². The molecule has 2 aromatic carbocycles. The Kier molecular flexibility index (Phi) is 5.80. The van der Waals surface area contributed by atoms with Crippen molar-refractivity contribution in [2.75, 3.05) is 43.5 Å². The average Bonchev–Trinajstić information content (AvgIpc) is 2.66. The van der Waals surface area contributed by atoms with Crippen molar-refractivity contribution in [3.63, 3.8) is 0 Å². The molecule has 1 fully saturated rings. The van der Waals surface area contributed by atoms with Gasteiger partial charge in [0.2, 0.25) is 0 Å². The highest BCUT2D eigenvalue weighted by atomic mass is 35.5. The maximum atomic E-state index is 12.6. The summed E-state index contributed by atoms with van der Waals surface area (Å²) in [5, 5.41) is 3.70. The third-order valence-corrected chi connectivity index (χ3v) is 5.53. The summed E-state index contributed by atoms with van der Waals surface area (Å²) in [4.78, 5) is 16.7. The van der Waals surface area contributed by atoms with Gasteiger partial charge in [-0.15, -0.1) is 0 Å². The first-order valence-corrected chi connectivity index (χ1v) is 9.49. The summed E-state index contributed by atoms with van der Waals surface area (Å²) in [6.45, 7) is 8.90. The maximum absolute atomic E-state index is 12.6. The molecule has 0 atom stereocenters. The molecule has 1 N–H and O–H groups in total. The zero-order chi connectivity index (χ0) is 19.6. The van der Waals surface area contributed by atoms with Gasteiger partial charge in [0.1, 0.15) is 5.75 Å². The fourth-order valence-corrected chi connectivity index (χ4v) is 3.38. The number of nitrogens with one attached hydrogen (secondary N) is 1. The van der Waals surface area contributed by atoms with Gasteiger partial charge in [0.05, 0.1) is 12.8 Å². The van der Waals surface area contributed by atoms with Gasteiger partial charge in [-0.05, 0) is 55.7 Å². The van der Waals surface area contributed by atoms with Crippen LogP contribution in [0.15, 0.2) is 30.3 Å². The Bertz CT molecular complexity index is 846. The van der Waals surface area contributed by atoms with Crippen molar-refractivity contribution in [3.05, 3.63) is 52.0 Å². The van der Waals surface area contributed by atoms with E-state index in [1.807, 2.05) is 49.1 Å². The predicted octanol–water partition coefficient (Wildman–Crippen LogP) is 4.63.